The van der Waals surface area contributed by atoms with Gasteiger partial charge in [0.15, 0.2) is 6.10 Å². The third-order valence-electron chi connectivity index (χ3n) is 3.97. The number of benzene rings is 1. The zero-order valence-corrected chi connectivity index (χ0v) is 13.2. The largest absolute Gasteiger partial charge is 0.481 e. The molecule has 3 unspecified atom stereocenters. The number of nitrogens with one attached hydrogen (secondary N) is 1. The number of aliphatic hydroxyl groups excluding tert-OH is 1. The molecule has 0 aromatic heterocycles. The first-order chi connectivity index (χ1) is 9.97. The molecule has 5 heteroatoms. The fourth-order valence-electron chi connectivity index (χ4n) is 2.58. The molecule has 4 nitrogen and oxygen atoms in total. The molecule has 0 spiro atoms. The first kappa shape index (κ1) is 16.1. The molecule has 2 N–H and O–H groups in total. The van der Waals surface area contributed by atoms with Crippen LogP contribution in [-0.2, 0) is 4.79 Å². The Morgan fingerprint density at radius 2 is 2.29 bits per heavy atom. The SMILES string of the molecule is Cc1cc(OC(C)C(=O)NCC2CCCC2O)ccc1Cl. The van der Waals surface area contributed by atoms with Gasteiger partial charge in [0.2, 0.25) is 0 Å². The van der Waals surface area contributed by atoms with Gasteiger partial charge in [-0.05, 0) is 50.5 Å². The van der Waals surface area contributed by atoms with Crippen LogP contribution < -0.4 is 10.1 Å². The van der Waals surface area contributed by atoms with Gasteiger partial charge in [-0.3, -0.25) is 4.79 Å². The number of carbonyl (C=O) groups excluding carboxylic acids is 1. The number of hydrogen-bond acceptors (Lipinski definition) is 3. The van der Waals surface area contributed by atoms with Crippen molar-refractivity contribution in [3.63, 3.8) is 0 Å². The average Bonchev–Trinajstić information content (AvgIpc) is 2.85. The number of amides is 1. The number of rotatable bonds is 5. The van der Waals surface area contributed by atoms with Crippen LogP contribution in [0.5, 0.6) is 5.75 Å². The molecular weight excluding hydrogens is 290 g/mol. The molecule has 1 saturated carbocycles. The lowest BCUT2D eigenvalue weighted by molar-refractivity contribution is -0.127. The summed E-state index contributed by atoms with van der Waals surface area (Å²) in [5.74, 6) is 0.626. The van der Waals surface area contributed by atoms with E-state index in [1.54, 1.807) is 19.1 Å². The molecule has 0 radical (unpaired) electrons. The van der Waals surface area contributed by atoms with Crippen molar-refractivity contribution in [1.29, 1.82) is 0 Å². The average molecular weight is 312 g/mol. The van der Waals surface area contributed by atoms with Gasteiger partial charge in [-0.15, -0.1) is 0 Å². The van der Waals surface area contributed by atoms with Crippen LogP contribution in [0.25, 0.3) is 0 Å². The van der Waals surface area contributed by atoms with Crippen LogP contribution in [0.15, 0.2) is 18.2 Å². The van der Waals surface area contributed by atoms with Crippen molar-refractivity contribution >= 4 is 17.5 Å². The number of aliphatic hydroxyl groups is 1. The van der Waals surface area contributed by atoms with Crippen LogP contribution in [0.2, 0.25) is 5.02 Å². The fraction of sp³-hybridized carbons (Fsp3) is 0.562. The van der Waals surface area contributed by atoms with Crippen molar-refractivity contribution in [3.8, 4) is 5.75 Å². The number of aryl methyl sites for hydroxylation is 1. The van der Waals surface area contributed by atoms with E-state index in [0.29, 0.717) is 17.3 Å². The number of halogens is 1. The standard InChI is InChI=1S/C16H22ClNO3/c1-10-8-13(6-7-14(10)17)21-11(2)16(20)18-9-12-4-3-5-15(12)19/h6-8,11-12,15,19H,3-5,9H2,1-2H3,(H,18,20). The molecule has 0 bridgehead atoms. The molecule has 1 aliphatic rings. The van der Waals surface area contributed by atoms with Gasteiger partial charge < -0.3 is 15.2 Å². The van der Waals surface area contributed by atoms with Crippen molar-refractivity contribution in [2.24, 2.45) is 5.92 Å². The molecule has 21 heavy (non-hydrogen) atoms. The summed E-state index contributed by atoms with van der Waals surface area (Å²) in [7, 11) is 0. The van der Waals surface area contributed by atoms with Gasteiger partial charge in [-0.1, -0.05) is 18.0 Å². The number of hydrogen-bond donors (Lipinski definition) is 2. The van der Waals surface area contributed by atoms with Gasteiger partial charge in [0.05, 0.1) is 6.10 Å². The second kappa shape index (κ2) is 7.14. The van der Waals surface area contributed by atoms with Crippen molar-refractivity contribution in [2.75, 3.05) is 6.54 Å². The van der Waals surface area contributed by atoms with E-state index in [-0.39, 0.29) is 17.9 Å². The van der Waals surface area contributed by atoms with E-state index in [1.165, 1.54) is 0 Å². The Bertz CT molecular complexity index is 506. The molecule has 0 saturated heterocycles. The maximum absolute atomic E-state index is 12.0. The van der Waals surface area contributed by atoms with Gasteiger partial charge in [-0.2, -0.15) is 0 Å². The molecule has 116 valence electrons. The molecule has 1 aliphatic carbocycles. The van der Waals surface area contributed by atoms with Crippen LogP contribution in [0.1, 0.15) is 31.7 Å². The first-order valence-electron chi connectivity index (χ1n) is 7.36. The second-order valence-corrected chi connectivity index (χ2v) is 6.08. The molecule has 1 aromatic rings. The van der Waals surface area contributed by atoms with Crippen molar-refractivity contribution < 1.29 is 14.6 Å². The maximum atomic E-state index is 12.0. The molecule has 1 aromatic carbocycles. The van der Waals surface area contributed by atoms with Gasteiger partial charge in [-0.25, -0.2) is 0 Å². The fourth-order valence-corrected chi connectivity index (χ4v) is 2.70. The van der Waals surface area contributed by atoms with Crippen molar-refractivity contribution in [1.82, 2.24) is 5.32 Å². The summed E-state index contributed by atoms with van der Waals surface area (Å²) in [6, 6.07) is 5.32. The topological polar surface area (TPSA) is 58.6 Å². The molecule has 0 heterocycles. The van der Waals surface area contributed by atoms with Crippen LogP contribution in [0.4, 0.5) is 0 Å². The van der Waals surface area contributed by atoms with E-state index < -0.39 is 6.10 Å². The molecule has 1 amide bonds. The summed E-state index contributed by atoms with van der Waals surface area (Å²) in [6.45, 7) is 4.11. The van der Waals surface area contributed by atoms with Crippen LogP contribution in [0.3, 0.4) is 0 Å². The monoisotopic (exact) mass is 311 g/mol. The minimum absolute atomic E-state index is 0.165. The van der Waals surface area contributed by atoms with Gasteiger partial charge in [0.25, 0.3) is 5.91 Å². The quantitative estimate of drug-likeness (QED) is 0.879. The van der Waals surface area contributed by atoms with Crippen molar-refractivity contribution in [2.45, 2.75) is 45.3 Å². The third-order valence-corrected chi connectivity index (χ3v) is 4.39. The summed E-state index contributed by atoms with van der Waals surface area (Å²) in [6.07, 6.45) is 1.95. The smallest absolute Gasteiger partial charge is 0.260 e. The summed E-state index contributed by atoms with van der Waals surface area (Å²) in [5.41, 5.74) is 0.913. The Morgan fingerprint density at radius 3 is 2.90 bits per heavy atom. The predicted octanol–water partition coefficient (Wildman–Crippen LogP) is 2.69. The first-order valence-corrected chi connectivity index (χ1v) is 7.73. The lowest BCUT2D eigenvalue weighted by Crippen LogP contribution is -2.40. The highest BCUT2D eigenvalue weighted by atomic mass is 35.5. The van der Waals surface area contributed by atoms with Gasteiger partial charge >= 0.3 is 0 Å². The Hall–Kier alpha value is -1.26. The highest BCUT2D eigenvalue weighted by molar-refractivity contribution is 6.31. The zero-order valence-electron chi connectivity index (χ0n) is 12.4. The second-order valence-electron chi connectivity index (χ2n) is 5.67. The van der Waals surface area contributed by atoms with E-state index in [9.17, 15) is 9.90 Å². The van der Waals surface area contributed by atoms with E-state index in [2.05, 4.69) is 5.32 Å². The normalized spacial score (nSPS) is 22.9. The minimum Gasteiger partial charge on any atom is -0.481 e. The molecule has 0 aliphatic heterocycles. The minimum atomic E-state index is -0.580. The zero-order chi connectivity index (χ0) is 15.4. The predicted molar refractivity (Wildman–Crippen MR) is 82.6 cm³/mol. The highest BCUT2D eigenvalue weighted by Gasteiger charge is 2.26. The Labute approximate surface area is 130 Å². The molecule has 1 fully saturated rings. The number of carbonyl (C=O) groups is 1. The molecule has 2 rings (SSSR count). The lowest BCUT2D eigenvalue weighted by atomic mass is 10.1. The van der Waals surface area contributed by atoms with Crippen molar-refractivity contribution in [3.05, 3.63) is 28.8 Å². The van der Waals surface area contributed by atoms with Crippen LogP contribution in [-0.4, -0.2) is 29.8 Å². The van der Waals surface area contributed by atoms with Gasteiger partial charge in [0, 0.05) is 17.5 Å². The summed E-state index contributed by atoms with van der Waals surface area (Å²) >= 11 is 5.96. The maximum Gasteiger partial charge on any atom is 0.260 e. The summed E-state index contributed by atoms with van der Waals surface area (Å²) in [4.78, 5) is 12.0. The Morgan fingerprint density at radius 1 is 1.52 bits per heavy atom. The van der Waals surface area contributed by atoms with E-state index in [1.807, 2.05) is 13.0 Å². The molecule has 3 atom stereocenters. The van der Waals surface area contributed by atoms with E-state index in [0.717, 1.165) is 24.8 Å². The lowest BCUT2D eigenvalue weighted by Gasteiger charge is -2.18. The van der Waals surface area contributed by atoms with E-state index >= 15 is 0 Å². The summed E-state index contributed by atoms with van der Waals surface area (Å²) < 4.78 is 5.62. The summed E-state index contributed by atoms with van der Waals surface area (Å²) in [5, 5.41) is 13.3. The third kappa shape index (κ3) is 4.35. The highest BCUT2D eigenvalue weighted by Crippen LogP contribution is 2.25. The molecular formula is C16H22ClNO3. The van der Waals surface area contributed by atoms with Crippen LogP contribution >= 0.6 is 11.6 Å². The number of ether oxygens (including phenoxy) is 1. The Kier molecular flexibility index (Phi) is 5.48. The van der Waals surface area contributed by atoms with Crippen LogP contribution in [0, 0.1) is 12.8 Å². The Balaban J connectivity index is 1.83. The van der Waals surface area contributed by atoms with E-state index in [4.69, 9.17) is 16.3 Å². The van der Waals surface area contributed by atoms with Gasteiger partial charge in [0.1, 0.15) is 5.75 Å².